The van der Waals surface area contributed by atoms with Crippen LogP contribution in [0.5, 0.6) is 5.75 Å². The second kappa shape index (κ2) is 5.57. The lowest BCUT2D eigenvalue weighted by molar-refractivity contribution is 0.388. The third-order valence-electron chi connectivity index (χ3n) is 2.64. The molecule has 0 heterocycles. The van der Waals surface area contributed by atoms with Crippen molar-refractivity contribution in [3.63, 3.8) is 0 Å². The van der Waals surface area contributed by atoms with Crippen molar-refractivity contribution in [2.45, 2.75) is 4.90 Å². The Morgan fingerprint density at radius 1 is 1.19 bits per heavy atom. The van der Waals surface area contributed by atoms with Gasteiger partial charge in [0.05, 0.1) is 23.4 Å². The summed E-state index contributed by atoms with van der Waals surface area (Å²) in [6, 6.07) is 6.71. The van der Waals surface area contributed by atoms with E-state index in [-0.39, 0.29) is 22.0 Å². The summed E-state index contributed by atoms with van der Waals surface area (Å²) in [6.07, 6.45) is 0. The van der Waals surface area contributed by atoms with Gasteiger partial charge in [-0.15, -0.1) is 0 Å². The number of nitrogen functional groups attached to an aromatic ring is 1. The van der Waals surface area contributed by atoms with Gasteiger partial charge in [0.25, 0.3) is 10.0 Å². The molecular formula is C13H12F2N2O3S. The van der Waals surface area contributed by atoms with Gasteiger partial charge in [-0.25, -0.2) is 17.2 Å². The largest absolute Gasteiger partial charge is 0.492 e. The average molecular weight is 314 g/mol. The number of hydrogen-bond donors (Lipinski definition) is 2. The third kappa shape index (κ3) is 3.22. The quantitative estimate of drug-likeness (QED) is 0.849. The number of anilines is 2. The van der Waals surface area contributed by atoms with Crippen LogP contribution in [0.15, 0.2) is 41.3 Å². The summed E-state index contributed by atoms with van der Waals surface area (Å²) >= 11 is 0. The van der Waals surface area contributed by atoms with Crippen molar-refractivity contribution in [2.24, 2.45) is 0 Å². The number of methoxy groups -OCH3 is 1. The molecule has 112 valence electrons. The van der Waals surface area contributed by atoms with E-state index in [4.69, 9.17) is 10.5 Å². The Morgan fingerprint density at radius 2 is 1.90 bits per heavy atom. The molecule has 2 rings (SSSR count). The average Bonchev–Trinajstić information content (AvgIpc) is 2.37. The van der Waals surface area contributed by atoms with Crippen LogP contribution in [0.3, 0.4) is 0 Å². The summed E-state index contributed by atoms with van der Waals surface area (Å²) < 4.78 is 57.8. The highest BCUT2D eigenvalue weighted by Crippen LogP contribution is 2.29. The van der Waals surface area contributed by atoms with Gasteiger partial charge >= 0.3 is 0 Å². The Bertz CT molecular complexity index is 756. The van der Waals surface area contributed by atoms with E-state index in [1.165, 1.54) is 25.3 Å². The van der Waals surface area contributed by atoms with Crippen LogP contribution >= 0.6 is 0 Å². The van der Waals surface area contributed by atoms with Gasteiger partial charge in [-0.1, -0.05) is 6.07 Å². The topological polar surface area (TPSA) is 81.4 Å². The smallest absolute Gasteiger partial charge is 0.262 e. The lowest BCUT2D eigenvalue weighted by atomic mass is 10.3. The molecule has 8 heteroatoms. The van der Waals surface area contributed by atoms with Gasteiger partial charge in [-0.2, -0.15) is 0 Å². The molecule has 0 atom stereocenters. The van der Waals surface area contributed by atoms with Gasteiger partial charge in [0.15, 0.2) is 11.6 Å². The van der Waals surface area contributed by atoms with Crippen molar-refractivity contribution >= 4 is 21.4 Å². The number of nitrogens with one attached hydrogen (secondary N) is 1. The molecule has 3 N–H and O–H groups in total. The summed E-state index contributed by atoms with van der Waals surface area (Å²) in [5.41, 5.74) is 5.39. The number of rotatable bonds is 4. The molecule has 0 aliphatic heterocycles. The summed E-state index contributed by atoms with van der Waals surface area (Å²) in [5.74, 6) is -1.74. The van der Waals surface area contributed by atoms with E-state index in [1.807, 2.05) is 0 Å². The third-order valence-corrected chi connectivity index (χ3v) is 4.00. The van der Waals surface area contributed by atoms with Crippen LogP contribution in [-0.4, -0.2) is 15.5 Å². The molecule has 0 bridgehead atoms. The molecule has 5 nitrogen and oxygen atoms in total. The maximum atomic E-state index is 13.7. The number of ether oxygens (including phenoxy) is 1. The van der Waals surface area contributed by atoms with Gasteiger partial charge in [0.2, 0.25) is 0 Å². The highest BCUT2D eigenvalue weighted by molar-refractivity contribution is 7.92. The molecular weight excluding hydrogens is 302 g/mol. The minimum Gasteiger partial charge on any atom is -0.492 e. The molecule has 0 spiro atoms. The SMILES string of the molecule is COc1c(N)cc(S(=O)(=O)Nc2cccc(F)c2)cc1F. The van der Waals surface area contributed by atoms with Gasteiger partial charge in [0, 0.05) is 0 Å². The van der Waals surface area contributed by atoms with E-state index < -0.39 is 21.7 Å². The Kier molecular flexibility index (Phi) is 3.99. The standard InChI is InChI=1S/C13H12F2N2O3S/c1-20-13-11(15)6-10(7-12(13)16)21(18,19)17-9-4-2-3-8(14)5-9/h2-7,17H,16H2,1H3. The van der Waals surface area contributed by atoms with Gasteiger partial charge in [-0.05, 0) is 30.3 Å². The highest BCUT2D eigenvalue weighted by atomic mass is 32.2. The Hall–Kier alpha value is -2.35. The summed E-state index contributed by atoms with van der Waals surface area (Å²) in [7, 11) is -2.88. The molecule has 0 unspecified atom stereocenters. The zero-order chi connectivity index (χ0) is 15.6. The number of nitrogens with two attached hydrogens (primary N) is 1. The van der Waals surface area contributed by atoms with Crippen LogP contribution in [0.4, 0.5) is 20.2 Å². The van der Waals surface area contributed by atoms with E-state index in [2.05, 4.69) is 4.72 Å². The first kappa shape index (κ1) is 15.0. The van der Waals surface area contributed by atoms with Crippen molar-refractivity contribution in [3.8, 4) is 5.75 Å². The van der Waals surface area contributed by atoms with Crippen LogP contribution in [-0.2, 0) is 10.0 Å². The maximum Gasteiger partial charge on any atom is 0.262 e. The predicted molar refractivity (Wildman–Crippen MR) is 74.6 cm³/mol. The normalized spacial score (nSPS) is 11.2. The monoisotopic (exact) mass is 314 g/mol. The lowest BCUT2D eigenvalue weighted by Gasteiger charge is -2.11. The molecule has 2 aromatic carbocycles. The predicted octanol–water partition coefficient (Wildman–Crippen LogP) is 2.36. The number of hydrogen-bond acceptors (Lipinski definition) is 4. The molecule has 0 radical (unpaired) electrons. The second-order valence-electron chi connectivity index (χ2n) is 4.14. The second-order valence-corrected chi connectivity index (χ2v) is 5.83. The molecule has 2 aromatic rings. The van der Waals surface area contributed by atoms with E-state index in [9.17, 15) is 17.2 Å². The fourth-order valence-electron chi connectivity index (χ4n) is 1.73. The Balaban J connectivity index is 2.40. The summed E-state index contributed by atoms with van der Waals surface area (Å²) in [5, 5.41) is 0. The number of benzene rings is 2. The molecule has 0 saturated heterocycles. The fourth-order valence-corrected chi connectivity index (χ4v) is 2.82. The molecule has 0 fully saturated rings. The number of halogens is 2. The van der Waals surface area contributed by atoms with Crippen LogP contribution in [0.2, 0.25) is 0 Å². The first-order chi connectivity index (χ1) is 9.83. The lowest BCUT2D eigenvalue weighted by Crippen LogP contribution is -2.14. The van der Waals surface area contributed by atoms with Crippen LogP contribution in [0.25, 0.3) is 0 Å². The highest BCUT2D eigenvalue weighted by Gasteiger charge is 2.19. The van der Waals surface area contributed by atoms with E-state index in [0.717, 1.165) is 18.2 Å². The van der Waals surface area contributed by atoms with Gasteiger partial charge < -0.3 is 10.5 Å². The van der Waals surface area contributed by atoms with Crippen molar-refractivity contribution in [2.75, 3.05) is 17.6 Å². The first-order valence-corrected chi connectivity index (χ1v) is 7.23. The van der Waals surface area contributed by atoms with Crippen LogP contribution < -0.4 is 15.2 Å². The number of sulfonamides is 1. The molecule has 0 aliphatic rings. The Morgan fingerprint density at radius 3 is 2.48 bits per heavy atom. The first-order valence-electron chi connectivity index (χ1n) is 5.75. The molecule has 21 heavy (non-hydrogen) atoms. The summed E-state index contributed by atoms with van der Waals surface area (Å²) in [4.78, 5) is -0.387. The van der Waals surface area contributed by atoms with E-state index in [1.54, 1.807) is 0 Å². The molecule has 0 aliphatic carbocycles. The molecule has 0 aromatic heterocycles. The van der Waals surface area contributed by atoms with E-state index >= 15 is 0 Å². The van der Waals surface area contributed by atoms with Gasteiger partial charge in [0.1, 0.15) is 5.82 Å². The minimum absolute atomic E-state index is 0.0183. The van der Waals surface area contributed by atoms with Crippen molar-refractivity contribution in [1.29, 1.82) is 0 Å². The fraction of sp³-hybridized carbons (Fsp3) is 0.0769. The van der Waals surface area contributed by atoms with Gasteiger partial charge in [-0.3, -0.25) is 4.72 Å². The van der Waals surface area contributed by atoms with Crippen molar-refractivity contribution in [3.05, 3.63) is 48.0 Å². The van der Waals surface area contributed by atoms with E-state index in [0.29, 0.717) is 0 Å². The van der Waals surface area contributed by atoms with Crippen LogP contribution in [0.1, 0.15) is 0 Å². The minimum atomic E-state index is -4.09. The van der Waals surface area contributed by atoms with Crippen molar-refractivity contribution < 1.29 is 21.9 Å². The molecule has 0 amide bonds. The van der Waals surface area contributed by atoms with Crippen LogP contribution in [0, 0.1) is 11.6 Å². The zero-order valence-electron chi connectivity index (χ0n) is 10.9. The molecule has 0 saturated carbocycles. The van der Waals surface area contributed by atoms with Crippen molar-refractivity contribution in [1.82, 2.24) is 0 Å². The maximum absolute atomic E-state index is 13.7. The summed E-state index contributed by atoms with van der Waals surface area (Å²) in [6.45, 7) is 0. The zero-order valence-corrected chi connectivity index (χ0v) is 11.7. The Labute approximate surface area is 120 Å².